The molecule has 1 heterocycles. The predicted molar refractivity (Wildman–Crippen MR) is 84.8 cm³/mol. The Morgan fingerprint density at radius 3 is 2.15 bits per heavy atom. The molecular formula is C18H28N2. The molecule has 1 saturated heterocycles. The number of benzene rings is 1. The van der Waals surface area contributed by atoms with Crippen LogP contribution in [0.4, 0.5) is 0 Å². The van der Waals surface area contributed by atoms with Crippen molar-refractivity contribution in [3.63, 3.8) is 0 Å². The molecule has 0 spiro atoms. The minimum Gasteiger partial charge on any atom is -0.304 e. The Balaban J connectivity index is 1.88. The van der Waals surface area contributed by atoms with Gasteiger partial charge in [-0.15, -0.1) is 0 Å². The van der Waals surface area contributed by atoms with Crippen molar-refractivity contribution < 1.29 is 0 Å². The fraction of sp³-hybridized carbons (Fsp3) is 0.667. The smallest absolute Gasteiger partial charge is 0.0461 e. The average molecular weight is 272 g/mol. The topological polar surface area (TPSA) is 6.48 Å². The number of nitrogens with zero attached hydrogens (tertiary/aromatic N) is 2. The van der Waals surface area contributed by atoms with Crippen LogP contribution in [0.5, 0.6) is 0 Å². The Morgan fingerprint density at radius 2 is 1.55 bits per heavy atom. The van der Waals surface area contributed by atoms with Gasteiger partial charge in [-0.2, -0.15) is 0 Å². The fourth-order valence-electron chi connectivity index (χ4n) is 4.01. The maximum Gasteiger partial charge on any atom is 0.0461 e. The number of likely N-dealkylation sites (N-methyl/N-ethyl adjacent to an activating group) is 1. The second kappa shape index (κ2) is 5.87. The van der Waals surface area contributed by atoms with E-state index < -0.39 is 0 Å². The van der Waals surface area contributed by atoms with Crippen LogP contribution in [-0.4, -0.2) is 43.0 Å². The van der Waals surface area contributed by atoms with Crippen molar-refractivity contribution in [2.45, 2.75) is 38.1 Å². The second-order valence-electron chi connectivity index (χ2n) is 6.87. The lowest BCUT2D eigenvalue weighted by molar-refractivity contribution is 0.00163. The summed E-state index contributed by atoms with van der Waals surface area (Å²) in [5.74, 6) is 0.902. The molecule has 0 unspecified atom stereocenters. The van der Waals surface area contributed by atoms with Crippen LogP contribution in [0.25, 0.3) is 0 Å². The van der Waals surface area contributed by atoms with E-state index in [1.807, 2.05) is 0 Å². The largest absolute Gasteiger partial charge is 0.304 e. The van der Waals surface area contributed by atoms with Gasteiger partial charge in [0.25, 0.3) is 0 Å². The van der Waals surface area contributed by atoms with E-state index in [0.29, 0.717) is 5.54 Å². The molecule has 1 saturated carbocycles. The van der Waals surface area contributed by atoms with Crippen LogP contribution >= 0.6 is 0 Å². The number of rotatable bonds is 2. The molecule has 0 amide bonds. The van der Waals surface area contributed by atoms with Gasteiger partial charge in [0.1, 0.15) is 0 Å². The quantitative estimate of drug-likeness (QED) is 0.815. The zero-order valence-electron chi connectivity index (χ0n) is 13.0. The molecule has 0 bridgehead atoms. The lowest BCUT2D eigenvalue weighted by Gasteiger charge is -2.51. The number of hydrogen-bond acceptors (Lipinski definition) is 2. The standard InChI is InChI=1S/C18H28N2/c1-16-8-10-18(11-9-16,17-6-4-3-5-7-17)20-14-12-19(2)13-15-20/h3-7,16H,8-15H2,1-2H3. The van der Waals surface area contributed by atoms with E-state index in [0.717, 1.165) is 5.92 Å². The number of hydrogen-bond donors (Lipinski definition) is 0. The predicted octanol–water partition coefficient (Wildman–Crippen LogP) is 3.34. The summed E-state index contributed by atoms with van der Waals surface area (Å²) < 4.78 is 0. The molecule has 2 fully saturated rings. The van der Waals surface area contributed by atoms with E-state index in [9.17, 15) is 0 Å². The normalized spacial score (nSPS) is 33.2. The molecule has 1 aliphatic heterocycles. The zero-order chi connectivity index (χ0) is 14.0. The Hall–Kier alpha value is -0.860. The third-order valence-electron chi connectivity index (χ3n) is 5.52. The average Bonchev–Trinajstić information content (AvgIpc) is 2.50. The Bertz CT molecular complexity index is 412. The van der Waals surface area contributed by atoms with Crippen LogP contribution in [0.3, 0.4) is 0 Å². The Morgan fingerprint density at radius 1 is 0.950 bits per heavy atom. The van der Waals surface area contributed by atoms with E-state index in [4.69, 9.17) is 0 Å². The van der Waals surface area contributed by atoms with Gasteiger partial charge in [0.15, 0.2) is 0 Å². The van der Waals surface area contributed by atoms with Crippen LogP contribution in [0.2, 0.25) is 0 Å². The SMILES string of the molecule is CC1CCC(c2ccccc2)(N2CCN(C)CC2)CC1. The highest BCUT2D eigenvalue weighted by Gasteiger charge is 2.41. The van der Waals surface area contributed by atoms with Gasteiger partial charge in [0.05, 0.1) is 0 Å². The summed E-state index contributed by atoms with van der Waals surface area (Å²) in [7, 11) is 2.25. The minimum absolute atomic E-state index is 0.315. The highest BCUT2D eigenvalue weighted by molar-refractivity contribution is 5.26. The minimum atomic E-state index is 0.315. The first kappa shape index (κ1) is 14.1. The second-order valence-corrected chi connectivity index (χ2v) is 6.87. The maximum absolute atomic E-state index is 2.79. The summed E-state index contributed by atoms with van der Waals surface area (Å²) >= 11 is 0. The molecule has 110 valence electrons. The van der Waals surface area contributed by atoms with Gasteiger partial charge in [0.2, 0.25) is 0 Å². The van der Waals surface area contributed by atoms with E-state index in [2.05, 4.69) is 54.1 Å². The van der Waals surface area contributed by atoms with Gasteiger partial charge in [-0.25, -0.2) is 0 Å². The van der Waals surface area contributed by atoms with E-state index in [1.54, 1.807) is 5.56 Å². The number of piperazine rings is 1. The summed E-state index contributed by atoms with van der Waals surface area (Å²) in [5, 5.41) is 0. The summed E-state index contributed by atoms with van der Waals surface area (Å²) in [6.45, 7) is 7.28. The fourth-order valence-corrected chi connectivity index (χ4v) is 4.01. The van der Waals surface area contributed by atoms with E-state index in [1.165, 1.54) is 51.9 Å². The van der Waals surface area contributed by atoms with Crippen molar-refractivity contribution in [1.82, 2.24) is 9.80 Å². The van der Waals surface area contributed by atoms with Crippen LogP contribution in [0, 0.1) is 5.92 Å². The van der Waals surface area contributed by atoms with E-state index in [-0.39, 0.29) is 0 Å². The molecule has 0 atom stereocenters. The molecule has 1 aliphatic carbocycles. The molecule has 1 aromatic rings. The van der Waals surface area contributed by atoms with Gasteiger partial charge in [-0.1, -0.05) is 37.3 Å². The molecule has 3 rings (SSSR count). The van der Waals surface area contributed by atoms with Crippen molar-refractivity contribution >= 4 is 0 Å². The Labute approximate surface area is 123 Å². The molecular weight excluding hydrogens is 244 g/mol. The molecule has 0 aromatic heterocycles. The molecule has 0 N–H and O–H groups in total. The van der Waals surface area contributed by atoms with Crippen LogP contribution in [-0.2, 0) is 5.54 Å². The lowest BCUT2D eigenvalue weighted by Crippen LogP contribution is -2.55. The first-order chi connectivity index (χ1) is 9.71. The summed E-state index contributed by atoms with van der Waals surface area (Å²) in [6.07, 6.45) is 5.42. The molecule has 2 nitrogen and oxygen atoms in total. The summed E-state index contributed by atoms with van der Waals surface area (Å²) in [5.41, 5.74) is 1.87. The van der Waals surface area contributed by atoms with E-state index >= 15 is 0 Å². The molecule has 1 aromatic carbocycles. The maximum atomic E-state index is 2.79. The monoisotopic (exact) mass is 272 g/mol. The van der Waals surface area contributed by atoms with Gasteiger partial charge in [-0.3, -0.25) is 4.90 Å². The first-order valence-corrected chi connectivity index (χ1v) is 8.20. The molecule has 20 heavy (non-hydrogen) atoms. The highest BCUT2D eigenvalue weighted by Crippen LogP contribution is 2.44. The highest BCUT2D eigenvalue weighted by atomic mass is 15.3. The lowest BCUT2D eigenvalue weighted by atomic mass is 9.72. The third kappa shape index (κ3) is 2.64. The summed E-state index contributed by atoms with van der Waals surface area (Å²) in [6, 6.07) is 11.3. The summed E-state index contributed by atoms with van der Waals surface area (Å²) in [4.78, 5) is 5.24. The third-order valence-corrected chi connectivity index (χ3v) is 5.52. The van der Waals surface area contributed by atoms with Gasteiger partial charge in [-0.05, 0) is 44.2 Å². The van der Waals surface area contributed by atoms with Gasteiger partial charge in [0, 0.05) is 31.7 Å². The van der Waals surface area contributed by atoms with Crippen LogP contribution < -0.4 is 0 Å². The molecule has 2 aliphatic rings. The first-order valence-electron chi connectivity index (χ1n) is 8.20. The molecule has 2 heteroatoms. The van der Waals surface area contributed by atoms with Crippen molar-refractivity contribution in [3.8, 4) is 0 Å². The van der Waals surface area contributed by atoms with Gasteiger partial charge >= 0.3 is 0 Å². The van der Waals surface area contributed by atoms with Crippen molar-refractivity contribution in [2.75, 3.05) is 33.2 Å². The zero-order valence-corrected chi connectivity index (χ0v) is 13.0. The van der Waals surface area contributed by atoms with Crippen molar-refractivity contribution in [2.24, 2.45) is 5.92 Å². The Kier molecular flexibility index (Phi) is 4.13. The van der Waals surface area contributed by atoms with Crippen molar-refractivity contribution in [3.05, 3.63) is 35.9 Å². The van der Waals surface area contributed by atoms with Gasteiger partial charge < -0.3 is 4.90 Å². The van der Waals surface area contributed by atoms with Crippen LogP contribution in [0.1, 0.15) is 38.2 Å². The van der Waals surface area contributed by atoms with Crippen molar-refractivity contribution in [1.29, 1.82) is 0 Å². The molecule has 0 radical (unpaired) electrons. The van der Waals surface area contributed by atoms with Crippen LogP contribution in [0.15, 0.2) is 30.3 Å².